The van der Waals surface area contributed by atoms with Crippen LogP contribution in [-0.2, 0) is 11.2 Å². The van der Waals surface area contributed by atoms with Gasteiger partial charge in [-0.25, -0.2) is 0 Å². The van der Waals surface area contributed by atoms with E-state index in [0.29, 0.717) is 37.7 Å². The Kier molecular flexibility index (Phi) is 5.90. The van der Waals surface area contributed by atoms with Gasteiger partial charge in [0.25, 0.3) is 0 Å². The van der Waals surface area contributed by atoms with Crippen molar-refractivity contribution in [2.24, 2.45) is 5.92 Å². The summed E-state index contributed by atoms with van der Waals surface area (Å²) in [5, 5.41) is 13.9. The van der Waals surface area contributed by atoms with Crippen LogP contribution >= 0.6 is 0 Å². The number of hydrogen-bond donors (Lipinski definition) is 0. The number of alkyl halides is 3. The van der Waals surface area contributed by atoms with Crippen LogP contribution in [0.5, 0.6) is 0 Å². The number of piperidine rings is 1. The van der Waals surface area contributed by atoms with Crippen LogP contribution in [0.3, 0.4) is 0 Å². The molecule has 9 heteroatoms. The third kappa shape index (κ3) is 5.40. The van der Waals surface area contributed by atoms with Crippen molar-refractivity contribution >= 4 is 16.7 Å². The van der Waals surface area contributed by atoms with E-state index in [9.17, 15) is 18.0 Å². The molecule has 6 nitrogen and oxygen atoms in total. The fourth-order valence-electron chi connectivity index (χ4n) is 4.47. The van der Waals surface area contributed by atoms with Gasteiger partial charge in [0.2, 0.25) is 0 Å². The van der Waals surface area contributed by atoms with E-state index in [-0.39, 0.29) is 24.7 Å². The van der Waals surface area contributed by atoms with E-state index in [1.54, 1.807) is 4.90 Å². The summed E-state index contributed by atoms with van der Waals surface area (Å²) in [5.41, 5.74) is 3.49. The SMILES string of the molecule is O=C(Cc1cc2cc(-c3cnn(C4CC4)c3)ccc2nn1)C1CCN(CCC(F)(F)F)CC1. The number of likely N-dealkylation sites (tertiary alicyclic amines) is 1. The zero-order valence-corrected chi connectivity index (χ0v) is 18.3. The molecule has 174 valence electrons. The lowest BCUT2D eigenvalue weighted by atomic mass is 9.90. The van der Waals surface area contributed by atoms with Gasteiger partial charge in [-0.05, 0) is 62.5 Å². The van der Waals surface area contributed by atoms with E-state index < -0.39 is 12.6 Å². The highest BCUT2D eigenvalue weighted by Gasteiger charge is 2.30. The number of hydrogen-bond acceptors (Lipinski definition) is 5. The van der Waals surface area contributed by atoms with Crippen molar-refractivity contribution in [1.29, 1.82) is 0 Å². The van der Waals surface area contributed by atoms with Crippen LogP contribution in [0.15, 0.2) is 36.7 Å². The minimum absolute atomic E-state index is 0.00243. The first-order valence-corrected chi connectivity index (χ1v) is 11.5. The summed E-state index contributed by atoms with van der Waals surface area (Å²) < 4.78 is 39.3. The standard InChI is InChI=1S/C24H26F3N5O/c25-24(26,27)7-10-31-8-5-16(6-9-31)23(33)13-20-12-18-11-17(1-4-22(18)30-29-20)19-14-28-32(15-19)21-2-3-21/h1,4,11-12,14-16,21H,2-3,5-10,13H2. The quantitative estimate of drug-likeness (QED) is 0.519. The zero-order valence-electron chi connectivity index (χ0n) is 18.3. The number of carbonyl (C=O) groups is 1. The largest absolute Gasteiger partial charge is 0.390 e. The number of fused-ring (bicyclic) bond motifs is 1. The number of nitrogens with zero attached hydrogens (tertiary/aromatic N) is 5. The fourth-order valence-corrected chi connectivity index (χ4v) is 4.47. The molecule has 1 saturated heterocycles. The Labute approximate surface area is 189 Å². The van der Waals surface area contributed by atoms with Crippen molar-refractivity contribution in [3.63, 3.8) is 0 Å². The lowest BCUT2D eigenvalue weighted by Gasteiger charge is -2.31. The number of aromatic nitrogens is 4. The summed E-state index contributed by atoms with van der Waals surface area (Å²) in [4.78, 5) is 14.6. The van der Waals surface area contributed by atoms with Crippen molar-refractivity contribution in [2.45, 2.75) is 50.7 Å². The molecule has 2 fully saturated rings. The van der Waals surface area contributed by atoms with Gasteiger partial charge in [-0.1, -0.05) is 6.07 Å². The average Bonchev–Trinajstić information content (AvgIpc) is 3.53. The molecule has 0 spiro atoms. The van der Waals surface area contributed by atoms with E-state index in [2.05, 4.69) is 21.5 Å². The van der Waals surface area contributed by atoms with Gasteiger partial charge in [0, 0.05) is 29.6 Å². The molecular weight excluding hydrogens is 431 g/mol. The van der Waals surface area contributed by atoms with Crippen LogP contribution in [0.1, 0.15) is 43.8 Å². The maximum absolute atomic E-state index is 12.8. The van der Waals surface area contributed by atoms with Crippen molar-refractivity contribution in [3.8, 4) is 11.1 Å². The fraction of sp³-hybridized carbons (Fsp3) is 0.500. The highest BCUT2D eigenvalue weighted by atomic mass is 19.4. The molecule has 33 heavy (non-hydrogen) atoms. The van der Waals surface area contributed by atoms with Gasteiger partial charge in [-0.2, -0.15) is 28.5 Å². The minimum Gasteiger partial charge on any atom is -0.303 e. The average molecular weight is 458 g/mol. The molecule has 2 aliphatic rings. The lowest BCUT2D eigenvalue weighted by molar-refractivity contribution is -0.139. The Morgan fingerprint density at radius 1 is 1.03 bits per heavy atom. The zero-order chi connectivity index (χ0) is 23.0. The summed E-state index contributed by atoms with van der Waals surface area (Å²) in [6.45, 7) is 1.05. The highest BCUT2D eigenvalue weighted by Crippen LogP contribution is 2.35. The molecule has 1 aromatic carbocycles. The number of rotatable bonds is 7. The molecule has 0 bridgehead atoms. The first-order valence-electron chi connectivity index (χ1n) is 11.5. The van der Waals surface area contributed by atoms with Gasteiger partial charge >= 0.3 is 6.18 Å². The Hall–Kier alpha value is -2.81. The number of halogens is 3. The van der Waals surface area contributed by atoms with E-state index >= 15 is 0 Å². The summed E-state index contributed by atoms with van der Waals surface area (Å²) in [6, 6.07) is 8.41. The van der Waals surface area contributed by atoms with E-state index in [1.807, 2.05) is 35.1 Å². The Morgan fingerprint density at radius 3 is 2.55 bits per heavy atom. The second-order valence-electron chi connectivity index (χ2n) is 9.17. The smallest absolute Gasteiger partial charge is 0.303 e. The molecule has 1 aliphatic carbocycles. The molecule has 1 saturated carbocycles. The van der Waals surface area contributed by atoms with E-state index in [0.717, 1.165) is 22.0 Å². The molecule has 3 heterocycles. The summed E-state index contributed by atoms with van der Waals surface area (Å²) in [6.07, 6.45) is 2.73. The number of benzene rings is 1. The third-order valence-corrected chi connectivity index (χ3v) is 6.60. The van der Waals surface area contributed by atoms with Crippen molar-refractivity contribution in [3.05, 3.63) is 42.4 Å². The predicted molar refractivity (Wildman–Crippen MR) is 118 cm³/mol. The minimum atomic E-state index is -4.14. The third-order valence-electron chi connectivity index (χ3n) is 6.60. The molecule has 0 amide bonds. The van der Waals surface area contributed by atoms with Gasteiger partial charge in [-0.15, -0.1) is 0 Å². The van der Waals surface area contributed by atoms with Gasteiger partial charge < -0.3 is 4.90 Å². The van der Waals surface area contributed by atoms with Gasteiger partial charge in [0.15, 0.2) is 0 Å². The van der Waals surface area contributed by atoms with E-state index in [4.69, 9.17) is 0 Å². The maximum Gasteiger partial charge on any atom is 0.390 e. The van der Waals surface area contributed by atoms with Crippen molar-refractivity contribution in [2.75, 3.05) is 19.6 Å². The van der Waals surface area contributed by atoms with Crippen LogP contribution < -0.4 is 0 Å². The van der Waals surface area contributed by atoms with Crippen LogP contribution in [0.2, 0.25) is 0 Å². The number of Topliss-reactive ketones (excluding diaryl/α,β-unsaturated/α-hetero) is 1. The summed E-state index contributed by atoms with van der Waals surface area (Å²) in [5.74, 6) is -0.0507. The first-order chi connectivity index (χ1) is 15.8. The van der Waals surface area contributed by atoms with Crippen LogP contribution in [0.4, 0.5) is 13.2 Å². The second kappa shape index (κ2) is 8.85. The Bertz CT molecular complexity index is 1150. The molecule has 2 aromatic heterocycles. The van der Waals surface area contributed by atoms with Gasteiger partial charge in [-0.3, -0.25) is 9.48 Å². The monoisotopic (exact) mass is 457 g/mol. The normalized spacial score (nSPS) is 18.2. The molecule has 0 atom stereocenters. The number of ketones is 1. The van der Waals surface area contributed by atoms with Crippen molar-refractivity contribution < 1.29 is 18.0 Å². The van der Waals surface area contributed by atoms with Crippen LogP contribution in [0, 0.1) is 5.92 Å². The van der Waals surface area contributed by atoms with Gasteiger partial charge in [0.1, 0.15) is 5.78 Å². The predicted octanol–water partition coefficient (Wildman–Crippen LogP) is 4.60. The Morgan fingerprint density at radius 2 is 1.82 bits per heavy atom. The molecule has 0 unspecified atom stereocenters. The summed E-state index contributed by atoms with van der Waals surface area (Å²) >= 11 is 0. The summed E-state index contributed by atoms with van der Waals surface area (Å²) in [7, 11) is 0. The molecule has 5 rings (SSSR count). The molecule has 0 radical (unpaired) electrons. The first kappa shape index (κ1) is 22.0. The number of carbonyl (C=O) groups excluding carboxylic acids is 1. The van der Waals surface area contributed by atoms with Crippen molar-refractivity contribution in [1.82, 2.24) is 24.9 Å². The second-order valence-corrected chi connectivity index (χ2v) is 9.17. The molecule has 0 N–H and O–H groups in total. The van der Waals surface area contributed by atoms with Crippen LogP contribution in [-0.4, -0.2) is 56.5 Å². The molecule has 3 aromatic rings. The van der Waals surface area contributed by atoms with Gasteiger partial charge in [0.05, 0.1) is 36.3 Å². The molecule has 1 aliphatic heterocycles. The molecular formula is C24H26F3N5O. The Balaban J connectivity index is 1.22. The maximum atomic E-state index is 12.8. The lowest BCUT2D eigenvalue weighted by Crippen LogP contribution is -2.38. The highest BCUT2D eigenvalue weighted by molar-refractivity contribution is 5.86. The van der Waals surface area contributed by atoms with Crippen LogP contribution in [0.25, 0.3) is 22.0 Å². The topological polar surface area (TPSA) is 63.9 Å². The van der Waals surface area contributed by atoms with E-state index in [1.165, 1.54) is 12.8 Å².